The molecule has 1 aliphatic heterocycles. The number of rotatable bonds is 7. The van der Waals surface area contributed by atoms with Crippen LogP contribution < -0.4 is 5.32 Å². The topological polar surface area (TPSA) is 165 Å². The molecular weight excluding hydrogens is 376 g/mol. The number of ether oxygens (including phenoxy) is 1. The van der Waals surface area contributed by atoms with E-state index in [1.54, 1.807) is 0 Å². The highest BCUT2D eigenvalue weighted by Crippen LogP contribution is 2.39. The van der Waals surface area contributed by atoms with Crippen LogP contribution in [0.3, 0.4) is 0 Å². The summed E-state index contributed by atoms with van der Waals surface area (Å²) in [6, 6.07) is 1.15. The van der Waals surface area contributed by atoms with Crippen LogP contribution in [0, 0.1) is 34.1 Å². The van der Waals surface area contributed by atoms with E-state index in [9.17, 15) is 29.8 Å². The summed E-state index contributed by atoms with van der Waals surface area (Å²) in [5, 5.41) is 34.4. The van der Waals surface area contributed by atoms with E-state index in [2.05, 4.69) is 10.1 Å². The van der Waals surface area contributed by atoms with Gasteiger partial charge in [0.1, 0.15) is 16.9 Å². The number of carbonyl (C=O) groups is 2. The van der Waals surface area contributed by atoms with Crippen LogP contribution in [0.4, 0.5) is 17.1 Å². The van der Waals surface area contributed by atoms with Crippen LogP contribution in [0.25, 0.3) is 0 Å². The van der Waals surface area contributed by atoms with Gasteiger partial charge in [0.15, 0.2) is 0 Å². The predicted octanol–water partition coefficient (Wildman–Crippen LogP) is 0.793. The summed E-state index contributed by atoms with van der Waals surface area (Å²) in [7, 11) is 1.12. The maximum atomic E-state index is 12.6. The van der Waals surface area contributed by atoms with E-state index in [1.807, 2.05) is 0 Å². The predicted molar refractivity (Wildman–Crippen MR) is 95.6 cm³/mol. The summed E-state index contributed by atoms with van der Waals surface area (Å²) in [5.41, 5.74) is -1.49. The molecule has 0 radical (unpaired) electrons. The van der Waals surface area contributed by atoms with Crippen molar-refractivity contribution in [2.24, 2.45) is 0 Å². The number of anilines is 1. The number of nitro benzene ring substituents is 2. The maximum absolute atomic E-state index is 12.6. The fourth-order valence-electron chi connectivity index (χ4n) is 2.93. The molecule has 150 valence electrons. The number of aliphatic hydroxyl groups excluding tert-OH is 1. The van der Waals surface area contributed by atoms with Gasteiger partial charge in [0.2, 0.25) is 0 Å². The lowest BCUT2D eigenvalue weighted by molar-refractivity contribution is -0.394. The summed E-state index contributed by atoms with van der Waals surface area (Å²) in [4.78, 5) is 47.0. The van der Waals surface area contributed by atoms with E-state index in [0.717, 1.165) is 13.2 Å². The molecule has 1 aromatic rings. The SMILES string of the molecule is COC(=O)C1=C(Nc2c(C)cc([N+](=O)[O-])c(C)c2[N+](=O)[O-])C(=O)N(CCO)C1. The van der Waals surface area contributed by atoms with Gasteiger partial charge in [0.25, 0.3) is 11.6 Å². The first-order valence-electron chi connectivity index (χ1n) is 8.05. The van der Waals surface area contributed by atoms with E-state index in [1.165, 1.54) is 18.7 Å². The Bertz CT molecular complexity index is 908. The second-order valence-electron chi connectivity index (χ2n) is 6.00. The summed E-state index contributed by atoms with van der Waals surface area (Å²) < 4.78 is 4.66. The van der Waals surface area contributed by atoms with Crippen molar-refractivity contribution in [3.05, 3.63) is 48.7 Å². The van der Waals surface area contributed by atoms with Crippen molar-refractivity contribution >= 4 is 28.9 Å². The molecule has 0 unspecified atom stereocenters. The molecule has 0 saturated heterocycles. The highest BCUT2D eigenvalue weighted by atomic mass is 16.6. The Morgan fingerprint density at radius 2 is 1.96 bits per heavy atom. The number of β-amino-alcohol motifs (C(OH)–C–C–N with tert-alkyl or cyclic N) is 1. The van der Waals surface area contributed by atoms with Crippen molar-refractivity contribution in [1.29, 1.82) is 0 Å². The molecule has 1 aliphatic rings. The third kappa shape index (κ3) is 3.62. The van der Waals surface area contributed by atoms with Gasteiger partial charge in [-0.2, -0.15) is 0 Å². The van der Waals surface area contributed by atoms with E-state index in [0.29, 0.717) is 0 Å². The molecule has 0 fully saturated rings. The molecular formula is C16H18N4O8. The Kier molecular flexibility index (Phi) is 5.93. The van der Waals surface area contributed by atoms with Crippen molar-refractivity contribution in [2.45, 2.75) is 13.8 Å². The van der Waals surface area contributed by atoms with Crippen molar-refractivity contribution < 1.29 is 29.3 Å². The molecule has 28 heavy (non-hydrogen) atoms. The molecule has 0 saturated carbocycles. The minimum absolute atomic E-state index is 0.0507. The lowest BCUT2D eigenvalue weighted by Crippen LogP contribution is -2.31. The zero-order valence-electron chi connectivity index (χ0n) is 15.3. The molecule has 12 heteroatoms. The van der Waals surface area contributed by atoms with Crippen LogP contribution in [-0.2, 0) is 14.3 Å². The molecule has 0 aliphatic carbocycles. The summed E-state index contributed by atoms with van der Waals surface area (Å²) >= 11 is 0. The van der Waals surface area contributed by atoms with Crippen LogP contribution in [0.15, 0.2) is 17.3 Å². The van der Waals surface area contributed by atoms with Gasteiger partial charge < -0.3 is 20.1 Å². The number of carbonyl (C=O) groups excluding carboxylic acids is 2. The van der Waals surface area contributed by atoms with Gasteiger partial charge in [-0.3, -0.25) is 25.0 Å². The molecule has 1 heterocycles. The molecule has 0 atom stereocenters. The molecule has 1 aromatic carbocycles. The normalized spacial score (nSPS) is 13.7. The first-order chi connectivity index (χ1) is 13.1. The number of nitrogens with one attached hydrogen (secondary N) is 1. The van der Waals surface area contributed by atoms with Crippen molar-refractivity contribution in [3.8, 4) is 0 Å². The zero-order valence-corrected chi connectivity index (χ0v) is 15.3. The number of hydrogen-bond donors (Lipinski definition) is 2. The minimum Gasteiger partial charge on any atom is -0.466 e. The number of aliphatic hydroxyl groups is 1. The number of hydrogen-bond acceptors (Lipinski definition) is 9. The number of benzene rings is 1. The van der Waals surface area contributed by atoms with Crippen LogP contribution >= 0.6 is 0 Å². The third-order valence-corrected chi connectivity index (χ3v) is 4.31. The Hall–Kier alpha value is -3.54. The first-order valence-corrected chi connectivity index (χ1v) is 8.05. The minimum atomic E-state index is -0.810. The summed E-state index contributed by atoms with van der Waals surface area (Å²) in [6.07, 6.45) is 0. The third-order valence-electron chi connectivity index (χ3n) is 4.31. The lowest BCUT2D eigenvalue weighted by atomic mass is 10.0. The molecule has 2 rings (SSSR count). The number of methoxy groups -OCH3 is 1. The highest BCUT2D eigenvalue weighted by Gasteiger charge is 2.37. The Morgan fingerprint density at radius 3 is 2.46 bits per heavy atom. The smallest absolute Gasteiger partial charge is 0.337 e. The van der Waals surface area contributed by atoms with Gasteiger partial charge >= 0.3 is 11.7 Å². The summed E-state index contributed by atoms with van der Waals surface area (Å²) in [5.74, 6) is -1.46. The molecule has 12 nitrogen and oxygen atoms in total. The average Bonchev–Trinajstić information content (AvgIpc) is 2.93. The second kappa shape index (κ2) is 8.00. The van der Waals surface area contributed by atoms with Gasteiger partial charge in [0.05, 0.1) is 35.7 Å². The Balaban J connectivity index is 2.63. The van der Waals surface area contributed by atoms with Gasteiger partial charge in [-0.15, -0.1) is 0 Å². The van der Waals surface area contributed by atoms with Crippen LogP contribution in [0.1, 0.15) is 11.1 Å². The largest absolute Gasteiger partial charge is 0.466 e. The number of esters is 1. The zero-order chi connectivity index (χ0) is 21.2. The van der Waals surface area contributed by atoms with Crippen LogP contribution in [-0.4, -0.2) is 58.5 Å². The maximum Gasteiger partial charge on any atom is 0.337 e. The molecule has 0 spiro atoms. The summed E-state index contributed by atoms with van der Waals surface area (Å²) in [6.45, 7) is 2.09. The highest BCUT2D eigenvalue weighted by molar-refractivity contribution is 6.09. The second-order valence-corrected chi connectivity index (χ2v) is 6.00. The average molecular weight is 394 g/mol. The fourth-order valence-corrected chi connectivity index (χ4v) is 2.93. The van der Waals surface area contributed by atoms with Crippen molar-refractivity contribution in [1.82, 2.24) is 4.90 Å². The molecule has 0 aromatic heterocycles. The fraction of sp³-hybridized carbons (Fsp3) is 0.375. The quantitative estimate of drug-likeness (QED) is 0.386. The monoisotopic (exact) mass is 394 g/mol. The molecule has 2 N–H and O–H groups in total. The van der Waals surface area contributed by atoms with Gasteiger partial charge in [0, 0.05) is 12.6 Å². The Morgan fingerprint density at radius 1 is 1.32 bits per heavy atom. The number of nitrogens with zero attached hydrogens (tertiary/aromatic N) is 3. The van der Waals surface area contributed by atoms with Crippen LogP contribution in [0.5, 0.6) is 0 Å². The van der Waals surface area contributed by atoms with E-state index in [-0.39, 0.29) is 47.8 Å². The number of aryl methyl sites for hydroxylation is 1. The van der Waals surface area contributed by atoms with Gasteiger partial charge in [-0.05, 0) is 19.4 Å². The Labute approximate surface area is 158 Å². The van der Waals surface area contributed by atoms with E-state index < -0.39 is 33.1 Å². The number of nitro groups is 2. The lowest BCUT2D eigenvalue weighted by Gasteiger charge is -2.16. The van der Waals surface area contributed by atoms with Gasteiger partial charge in [-0.1, -0.05) is 0 Å². The van der Waals surface area contributed by atoms with Crippen molar-refractivity contribution in [2.75, 3.05) is 32.1 Å². The van der Waals surface area contributed by atoms with Crippen LogP contribution in [0.2, 0.25) is 0 Å². The molecule has 0 bridgehead atoms. The van der Waals surface area contributed by atoms with Gasteiger partial charge in [-0.25, -0.2) is 4.79 Å². The number of amides is 1. The van der Waals surface area contributed by atoms with E-state index in [4.69, 9.17) is 5.11 Å². The van der Waals surface area contributed by atoms with Crippen molar-refractivity contribution in [3.63, 3.8) is 0 Å². The van der Waals surface area contributed by atoms with E-state index >= 15 is 0 Å². The first kappa shape index (κ1) is 20.8. The standard InChI is InChI=1S/C16H18N4O8/c1-8-6-11(19(24)25)9(2)14(20(26)27)12(8)17-13-10(16(23)28-3)7-18(4-5-21)15(13)22/h6,17,21H,4-5,7H2,1-3H3. The molecule has 1 amide bonds.